The number of ketones is 1. The summed E-state index contributed by atoms with van der Waals surface area (Å²) in [6.45, 7) is 2.22. The van der Waals surface area contributed by atoms with Crippen molar-refractivity contribution >= 4 is 11.5 Å². The number of ether oxygens (including phenoxy) is 1. The van der Waals surface area contributed by atoms with Gasteiger partial charge >= 0.3 is 0 Å². The van der Waals surface area contributed by atoms with E-state index in [-0.39, 0.29) is 23.6 Å². The fourth-order valence-corrected chi connectivity index (χ4v) is 0.979. The summed E-state index contributed by atoms with van der Waals surface area (Å²) in [4.78, 5) is 11.3. The van der Waals surface area contributed by atoms with Crippen molar-refractivity contribution in [2.75, 3.05) is 18.9 Å². The number of carbonyl (C=O) groups excluding carboxylic acids is 1. The van der Waals surface area contributed by atoms with Crippen molar-refractivity contribution < 1.29 is 13.9 Å². The average Bonchev–Trinajstić information content (AvgIpc) is 2.18. The molecule has 0 saturated heterocycles. The molecule has 0 aromatic heterocycles. The summed E-state index contributed by atoms with van der Waals surface area (Å²) in [6.07, 6.45) is 0. The van der Waals surface area contributed by atoms with E-state index >= 15 is 0 Å². The molecule has 3 nitrogen and oxygen atoms in total. The molecule has 2 N–H and O–H groups in total. The third-order valence-electron chi connectivity index (χ3n) is 1.76. The number of carbonyl (C=O) groups is 1. The van der Waals surface area contributed by atoms with Gasteiger partial charge in [0.05, 0.1) is 5.69 Å². The molecule has 1 aromatic rings. The van der Waals surface area contributed by atoms with Gasteiger partial charge in [0.25, 0.3) is 0 Å². The normalized spacial score (nSPS) is 10.1. The van der Waals surface area contributed by atoms with Crippen molar-refractivity contribution in [2.24, 2.45) is 0 Å². The Morgan fingerprint density at radius 1 is 1.57 bits per heavy atom. The minimum absolute atomic E-state index is 0.0279. The second-order valence-electron chi connectivity index (χ2n) is 2.80. The monoisotopic (exact) mass is 197 g/mol. The molecule has 0 aliphatic heterocycles. The number of halogens is 1. The average molecular weight is 197 g/mol. The third-order valence-corrected chi connectivity index (χ3v) is 1.76. The highest BCUT2D eigenvalue weighted by molar-refractivity contribution is 5.97. The molecule has 0 heterocycles. The molecule has 14 heavy (non-hydrogen) atoms. The van der Waals surface area contributed by atoms with E-state index in [4.69, 9.17) is 10.5 Å². The van der Waals surface area contributed by atoms with Crippen molar-refractivity contribution in [2.45, 2.75) is 6.92 Å². The Balaban J connectivity index is 2.76. The minimum Gasteiger partial charge on any atom is -0.396 e. The van der Waals surface area contributed by atoms with Crippen LogP contribution in [0, 0.1) is 5.82 Å². The van der Waals surface area contributed by atoms with Crippen LogP contribution < -0.4 is 5.73 Å². The molecular weight excluding hydrogens is 185 g/mol. The largest absolute Gasteiger partial charge is 0.396 e. The lowest BCUT2D eigenvalue weighted by Crippen LogP contribution is -2.09. The van der Waals surface area contributed by atoms with E-state index in [0.717, 1.165) is 6.07 Å². The molecule has 0 unspecified atom stereocenters. The lowest BCUT2D eigenvalue weighted by molar-refractivity contribution is 0.0783. The maximum Gasteiger partial charge on any atom is 0.188 e. The van der Waals surface area contributed by atoms with Gasteiger partial charge in [-0.2, -0.15) is 0 Å². The Labute approximate surface area is 81.7 Å². The van der Waals surface area contributed by atoms with Crippen molar-refractivity contribution in [1.82, 2.24) is 0 Å². The maximum absolute atomic E-state index is 12.9. The molecule has 76 valence electrons. The molecule has 0 aliphatic carbocycles. The van der Waals surface area contributed by atoms with Crippen LogP contribution in [-0.2, 0) is 4.74 Å². The molecule has 4 heteroatoms. The van der Waals surface area contributed by atoms with Gasteiger partial charge in [-0.05, 0) is 25.1 Å². The molecule has 0 amide bonds. The molecule has 0 fully saturated rings. The smallest absolute Gasteiger partial charge is 0.188 e. The standard InChI is InChI=1S/C10H12FNO2/c1-2-14-6-10(13)7-3-4-9(12)8(11)5-7/h3-5H,2,6,12H2,1H3. The van der Waals surface area contributed by atoms with Crippen molar-refractivity contribution in [1.29, 1.82) is 0 Å². The van der Waals surface area contributed by atoms with Crippen LogP contribution in [0.2, 0.25) is 0 Å². The lowest BCUT2D eigenvalue weighted by Gasteiger charge is -2.02. The number of anilines is 1. The molecule has 0 atom stereocenters. The summed E-state index contributed by atoms with van der Waals surface area (Å²) in [6, 6.07) is 3.98. The summed E-state index contributed by atoms with van der Waals surface area (Å²) in [5.74, 6) is -0.821. The molecule has 1 rings (SSSR count). The molecule has 0 radical (unpaired) electrons. The third kappa shape index (κ3) is 2.53. The second-order valence-corrected chi connectivity index (χ2v) is 2.80. The van der Waals surface area contributed by atoms with E-state index in [1.165, 1.54) is 12.1 Å². The first-order valence-electron chi connectivity index (χ1n) is 4.31. The zero-order chi connectivity index (χ0) is 10.6. The van der Waals surface area contributed by atoms with Gasteiger partial charge in [0, 0.05) is 12.2 Å². The minimum atomic E-state index is -0.577. The summed E-state index contributed by atoms with van der Waals surface area (Å²) in [5.41, 5.74) is 5.59. The molecular formula is C10H12FNO2. The Bertz CT molecular complexity index is 339. The highest BCUT2D eigenvalue weighted by atomic mass is 19.1. The van der Waals surface area contributed by atoms with Crippen LogP contribution in [0.4, 0.5) is 10.1 Å². The first-order chi connectivity index (χ1) is 6.65. The summed E-state index contributed by atoms with van der Waals surface area (Å²) >= 11 is 0. The van der Waals surface area contributed by atoms with Crippen LogP contribution in [0.3, 0.4) is 0 Å². The summed E-state index contributed by atoms with van der Waals surface area (Å²) < 4.78 is 17.9. The fourth-order valence-electron chi connectivity index (χ4n) is 0.979. The van der Waals surface area contributed by atoms with Crippen LogP contribution >= 0.6 is 0 Å². The van der Waals surface area contributed by atoms with Gasteiger partial charge < -0.3 is 10.5 Å². The Kier molecular flexibility index (Phi) is 3.59. The zero-order valence-corrected chi connectivity index (χ0v) is 7.92. The van der Waals surface area contributed by atoms with Crippen LogP contribution in [0.1, 0.15) is 17.3 Å². The highest BCUT2D eigenvalue weighted by Gasteiger charge is 2.07. The summed E-state index contributed by atoms with van der Waals surface area (Å²) in [7, 11) is 0. The number of Topliss-reactive ketones (excluding diaryl/α,β-unsaturated/α-hetero) is 1. The van der Waals surface area contributed by atoms with Crippen LogP contribution in [-0.4, -0.2) is 19.0 Å². The maximum atomic E-state index is 12.9. The van der Waals surface area contributed by atoms with Gasteiger partial charge in [0.15, 0.2) is 5.78 Å². The highest BCUT2D eigenvalue weighted by Crippen LogP contribution is 2.12. The fraction of sp³-hybridized carbons (Fsp3) is 0.300. The van der Waals surface area contributed by atoms with E-state index < -0.39 is 5.82 Å². The van der Waals surface area contributed by atoms with Crippen molar-refractivity contribution in [3.63, 3.8) is 0 Å². The van der Waals surface area contributed by atoms with E-state index in [1.54, 1.807) is 6.92 Å². The SMILES string of the molecule is CCOCC(=O)c1ccc(N)c(F)c1. The molecule has 0 spiro atoms. The van der Waals surface area contributed by atoms with Gasteiger partial charge in [-0.1, -0.05) is 0 Å². The summed E-state index contributed by atoms with van der Waals surface area (Å²) in [5, 5.41) is 0. The van der Waals surface area contributed by atoms with Gasteiger partial charge in [-0.25, -0.2) is 4.39 Å². The number of nitrogen functional groups attached to an aromatic ring is 1. The molecule has 0 bridgehead atoms. The van der Waals surface area contributed by atoms with E-state index in [2.05, 4.69) is 0 Å². The van der Waals surface area contributed by atoms with Crippen molar-refractivity contribution in [3.8, 4) is 0 Å². The quantitative estimate of drug-likeness (QED) is 0.589. The van der Waals surface area contributed by atoms with E-state index in [1.807, 2.05) is 0 Å². The number of benzene rings is 1. The number of hydrogen-bond acceptors (Lipinski definition) is 3. The second kappa shape index (κ2) is 4.72. The van der Waals surface area contributed by atoms with Gasteiger partial charge in [-0.15, -0.1) is 0 Å². The van der Waals surface area contributed by atoms with E-state index in [0.29, 0.717) is 6.61 Å². The van der Waals surface area contributed by atoms with Gasteiger partial charge in [0.2, 0.25) is 0 Å². The number of nitrogens with two attached hydrogens (primary N) is 1. The number of rotatable bonds is 4. The topological polar surface area (TPSA) is 52.3 Å². The van der Waals surface area contributed by atoms with E-state index in [9.17, 15) is 9.18 Å². The predicted octanol–water partition coefficient (Wildman–Crippen LogP) is 1.63. The Morgan fingerprint density at radius 3 is 2.86 bits per heavy atom. The predicted molar refractivity (Wildman–Crippen MR) is 51.6 cm³/mol. The van der Waals surface area contributed by atoms with Crippen LogP contribution in [0.5, 0.6) is 0 Å². The molecule has 0 saturated carbocycles. The number of hydrogen-bond donors (Lipinski definition) is 1. The van der Waals surface area contributed by atoms with Crippen LogP contribution in [0.25, 0.3) is 0 Å². The molecule has 1 aromatic carbocycles. The van der Waals surface area contributed by atoms with Crippen molar-refractivity contribution in [3.05, 3.63) is 29.6 Å². The van der Waals surface area contributed by atoms with Gasteiger partial charge in [0.1, 0.15) is 12.4 Å². The molecule has 0 aliphatic rings. The zero-order valence-electron chi connectivity index (χ0n) is 7.92. The Morgan fingerprint density at radius 2 is 2.29 bits per heavy atom. The first kappa shape index (κ1) is 10.7. The van der Waals surface area contributed by atoms with Crippen LogP contribution in [0.15, 0.2) is 18.2 Å². The Hall–Kier alpha value is -1.42. The lowest BCUT2D eigenvalue weighted by atomic mass is 10.1. The first-order valence-corrected chi connectivity index (χ1v) is 4.31. The van der Waals surface area contributed by atoms with Gasteiger partial charge in [-0.3, -0.25) is 4.79 Å².